The van der Waals surface area contributed by atoms with E-state index in [2.05, 4.69) is 84.6 Å². The number of aryl methyl sites for hydroxylation is 3. The van der Waals surface area contributed by atoms with Crippen LogP contribution in [0.1, 0.15) is 18.2 Å². The fourth-order valence-corrected chi connectivity index (χ4v) is 4.11. The molecule has 0 unspecified atom stereocenters. The molecule has 3 aromatic heterocycles. The second-order valence-corrected chi connectivity index (χ2v) is 6.99. The van der Waals surface area contributed by atoms with E-state index in [9.17, 15) is 0 Å². The second-order valence-electron chi connectivity index (χ2n) is 6.99. The molecule has 3 heterocycles. The Bertz CT molecular complexity index is 1290. The number of hydrogen-bond acceptors (Lipinski definition) is 1. The average molecular weight is 339 g/mol. The Labute approximate surface area is 152 Å². The SMILES string of the molecule is CCn1cc2c3c(-c4ccccc4C)cccc3c3ncc(C)n3c2c1. The van der Waals surface area contributed by atoms with E-state index in [1.54, 1.807) is 0 Å². The largest absolute Gasteiger partial charge is 0.352 e. The molecule has 0 saturated carbocycles. The van der Waals surface area contributed by atoms with Crippen LogP contribution >= 0.6 is 0 Å². The summed E-state index contributed by atoms with van der Waals surface area (Å²) in [6, 6.07) is 15.2. The van der Waals surface area contributed by atoms with Crippen molar-refractivity contribution < 1.29 is 0 Å². The second kappa shape index (κ2) is 5.46. The Morgan fingerprint density at radius 1 is 0.885 bits per heavy atom. The summed E-state index contributed by atoms with van der Waals surface area (Å²) >= 11 is 0. The molecule has 26 heavy (non-hydrogen) atoms. The maximum atomic E-state index is 4.74. The molecule has 0 spiro atoms. The highest BCUT2D eigenvalue weighted by atomic mass is 15.0. The summed E-state index contributed by atoms with van der Waals surface area (Å²) in [5.41, 5.74) is 7.29. The van der Waals surface area contributed by atoms with Gasteiger partial charge in [-0.15, -0.1) is 0 Å². The highest BCUT2D eigenvalue weighted by Gasteiger charge is 2.16. The molecule has 0 aliphatic rings. The molecule has 5 rings (SSSR count). The van der Waals surface area contributed by atoms with E-state index in [-0.39, 0.29) is 0 Å². The van der Waals surface area contributed by atoms with E-state index < -0.39 is 0 Å². The molecule has 0 atom stereocenters. The van der Waals surface area contributed by atoms with Gasteiger partial charge in [-0.25, -0.2) is 4.98 Å². The van der Waals surface area contributed by atoms with E-state index in [1.807, 2.05) is 6.20 Å². The van der Waals surface area contributed by atoms with Crippen LogP contribution in [0.2, 0.25) is 0 Å². The van der Waals surface area contributed by atoms with Gasteiger partial charge in [-0.3, -0.25) is 4.40 Å². The van der Waals surface area contributed by atoms with E-state index in [1.165, 1.54) is 44.1 Å². The topological polar surface area (TPSA) is 22.2 Å². The fraction of sp³-hybridized carbons (Fsp3) is 0.174. The summed E-state index contributed by atoms with van der Waals surface area (Å²) in [5.74, 6) is 0. The zero-order valence-corrected chi connectivity index (χ0v) is 15.3. The third-order valence-corrected chi connectivity index (χ3v) is 5.41. The summed E-state index contributed by atoms with van der Waals surface area (Å²) in [6.45, 7) is 7.44. The van der Waals surface area contributed by atoms with Crippen LogP contribution in [0, 0.1) is 13.8 Å². The predicted molar refractivity (Wildman–Crippen MR) is 109 cm³/mol. The van der Waals surface area contributed by atoms with E-state index in [0.717, 1.165) is 12.2 Å². The maximum absolute atomic E-state index is 4.74. The third-order valence-electron chi connectivity index (χ3n) is 5.41. The van der Waals surface area contributed by atoms with Crippen molar-refractivity contribution in [1.82, 2.24) is 14.0 Å². The minimum atomic E-state index is 0.956. The van der Waals surface area contributed by atoms with Crippen LogP contribution in [0.15, 0.2) is 61.1 Å². The van der Waals surface area contributed by atoms with Gasteiger partial charge in [0, 0.05) is 47.0 Å². The minimum absolute atomic E-state index is 0.956. The van der Waals surface area contributed by atoms with Crippen LogP contribution in [0.3, 0.4) is 0 Å². The van der Waals surface area contributed by atoms with Crippen LogP contribution in [0.5, 0.6) is 0 Å². The number of imidazole rings is 1. The maximum Gasteiger partial charge on any atom is 0.145 e. The minimum Gasteiger partial charge on any atom is -0.352 e. The monoisotopic (exact) mass is 339 g/mol. The Hall–Kier alpha value is -3.07. The summed E-state index contributed by atoms with van der Waals surface area (Å²) in [6.07, 6.45) is 6.49. The number of hydrogen-bond donors (Lipinski definition) is 0. The summed E-state index contributed by atoms with van der Waals surface area (Å²) < 4.78 is 4.54. The molecular weight excluding hydrogens is 318 g/mol. The van der Waals surface area contributed by atoms with Gasteiger partial charge in [0.2, 0.25) is 0 Å². The molecule has 0 fully saturated rings. The molecule has 5 aromatic rings. The van der Waals surface area contributed by atoms with Crippen molar-refractivity contribution >= 4 is 27.3 Å². The number of pyridine rings is 1. The van der Waals surface area contributed by atoms with Gasteiger partial charge in [0.15, 0.2) is 0 Å². The van der Waals surface area contributed by atoms with Gasteiger partial charge in [-0.1, -0.05) is 42.5 Å². The molecule has 3 nitrogen and oxygen atoms in total. The van der Waals surface area contributed by atoms with Gasteiger partial charge >= 0.3 is 0 Å². The van der Waals surface area contributed by atoms with Crippen molar-refractivity contribution in [1.29, 1.82) is 0 Å². The fourth-order valence-electron chi connectivity index (χ4n) is 4.11. The molecule has 3 heteroatoms. The summed E-state index contributed by atoms with van der Waals surface area (Å²) in [4.78, 5) is 4.74. The molecule has 0 aliphatic carbocycles. The predicted octanol–water partition coefficient (Wildman–Crippen LogP) is 5.75. The zero-order valence-electron chi connectivity index (χ0n) is 15.3. The number of benzene rings is 2. The number of fused-ring (bicyclic) bond motifs is 6. The van der Waals surface area contributed by atoms with Crippen LogP contribution in [-0.2, 0) is 6.54 Å². The molecule has 0 N–H and O–H groups in total. The lowest BCUT2D eigenvalue weighted by Crippen LogP contribution is -1.93. The number of aromatic nitrogens is 3. The highest BCUT2D eigenvalue weighted by Crippen LogP contribution is 2.38. The molecule has 2 aromatic carbocycles. The molecule has 0 saturated heterocycles. The number of rotatable bonds is 2. The van der Waals surface area contributed by atoms with Crippen LogP contribution in [0.25, 0.3) is 38.4 Å². The van der Waals surface area contributed by atoms with Crippen molar-refractivity contribution in [3.05, 3.63) is 72.3 Å². The van der Waals surface area contributed by atoms with Gasteiger partial charge in [-0.2, -0.15) is 0 Å². The van der Waals surface area contributed by atoms with E-state index >= 15 is 0 Å². The molecular formula is C23H21N3. The Kier molecular flexibility index (Phi) is 3.20. The first kappa shape index (κ1) is 15.2. The van der Waals surface area contributed by atoms with Gasteiger partial charge in [0.25, 0.3) is 0 Å². The first-order valence-corrected chi connectivity index (χ1v) is 9.13. The Balaban J connectivity index is 2.06. The lowest BCUT2D eigenvalue weighted by atomic mass is 9.94. The van der Waals surface area contributed by atoms with Crippen molar-refractivity contribution in [2.24, 2.45) is 0 Å². The summed E-state index contributed by atoms with van der Waals surface area (Å²) in [7, 11) is 0. The first-order valence-electron chi connectivity index (χ1n) is 9.13. The van der Waals surface area contributed by atoms with Gasteiger partial charge in [0.1, 0.15) is 5.65 Å². The lowest BCUT2D eigenvalue weighted by Gasteiger charge is -2.12. The Morgan fingerprint density at radius 3 is 2.50 bits per heavy atom. The van der Waals surface area contributed by atoms with Crippen LogP contribution in [0.4, 0.5) is 0 Å². The smallest absolute Gasteiger partial charge is 0.145 e. The molecule has 0 amide bonds. The van der Waals surface area contributed by atoms with Gasteiger partial charge in [0.05, 0.1) is 5.52 Å². The van der Waals surface area contributed by atoms with E-state index in [0.29, 0.717) is 0 Å². The highest BCUT2D eigenvalue weighted by molar-refractivity contribution is 6.18. The quantitative estimate of drug-likeness (QED) is 0.402. The van der Waals surface area contributed by atoms with Gasteiger partial charge in [-0.05, 0) is 37.5 Å². The normalized spacial score (nSPS) is 11.8. The van der Waals surface area contributed by atoms with Crippen LogP contribution in [-0.4, -0.2) is 14.0 Å². The number of nitrogens with zero attached hydrogens (tertiary/aromatic N) is 3. The standard InChI is InChI=1S/C23H21N3/c1-4-25-13-20-21(14-25)26-16(3)12-24-23(26)19-11-7-10-18(22(19)20)17-9-6-5-8-15(17)2/h5-14H,4H2,1-3H3. The van der Waals surface area contributed by atoms with E-state index in [4.69, 9.17) is 4.98 Å². The van der Waals surface area contributed by atoms with Crippen molar-refractivity contribution in [2.45, 2.75) is 27.3 Å². The van der Waals surface area contributed by atoms with Crippen molar-refractivity contribution in [3.63, 3.8) is 0 Å². The first-order chi connectivity index (χ1) is 12.7. The molecule has 128 valence electrons. The van der Waals surface area contributed by atoms with Crippen LogP contribution < -0.4 is 0 Å². The average Bonchev–Trinajstić information content (AvgIpc) is 3.25. The molecule has 0 aliphatic heterocycles. The van der Waals surface area contributed by atoms with Gasteiger partial charge < -0.3 is 4.57 Å². The molecule has 0 radical (unpaired) electrons. The zero-order chi connectivity index (χ0) is 17.8. The lowest BCUT2D eigenvalue weighted by molar-refractivity contribution is 0.772. The summed E-state index contributed by atoms with van der Waals surface area (Å²) in [5, 5.41) is 3.79. The Morgan fingerprint density at radius 2 is 1.69 bits per heavy atom. The van der Waals surface area contributed by atoms with Crippen molar-refractivity contribution in [3.8, 4) is 11.1 Å². The molecule has 0 bridgehead atoms. The van der Waals surface area contributed by atoms with Crippen molar-refractivity contribution in [2.75, 3.05) is 0 Å². The third kappa shape index (κ3) is 1.97.